The summed E-state index contributed by atoms with van der Waals surface area (Å²) in [7, 11) is 3.35. The Labute approximate surface area is 187 Å². The molecule has 1 aliphatic rings. The molecule has 0 bridgehead atoms. The Kier molecular flexibility index (Phi) is 9.06. The highest BCUT2D eigenvalue weighted by Crippen LogP contribution is 2.23. The van der Waals surface area contributed by atoms with Gasteiger partial charge in [0.05, 0.1) is 26.4 Å². The summed E-state index contributed by atoms with van der Waals surface area (Å²) in [5.74, 6) is 1.57. The topological polar surface area (TPSA) is 67.4 Å². The molecule has 2 aromatic rings. The van der Waals surface area contributed by atoms with Gasteiger partial charge in [0, 0.05) is 33.2 Å². The number of guanidine groups is 1. The second kappa shape index (κ2) is 12.2. The fourth-order valence-corrected chi connectivity index (χ4v) is 3.60. The van der Waals surface area contributed by atoms with Crippen molar-refractivity contribution < 1.29 is 23.0 Å². The highest BCUT2D eigenvalue weighted by atomic mass is 19.3. The van der Waals surface area contributed by atoms with Crippen LogP contribution >= 0.6 is 0 Å². The number of hydrogen-bond donors (Lipinski definition) is 2. The molecule has 0 spiro atoms. The van der Waals surface area contributed by atoms with Gasteiger partial charge in [-0.1, -0.05) is 24.3 Å². The van der Waals surface area contributed by atoms with Crippen molar-refractivity contribution in [2.75, 3.05) is 47.0 Å². The highest BCUT2D eigenvalue weighted by molar-refractivity contribution is 5.79. The number of morpholine rings is 1. The Hall–Kier alpha value is -2.91. The van der Waals surface area contributed by atoms with E-state index in [1.54, 1.807) is 26.3 Å². The summed E-state index contributed by atoms with van der Waals surface area (Å²) in [5, 5.41) is 6.61. The molecule has 0 saturated carbocycles. The third kappa shape index (κ3) is 7.06. The standard InChI is InChI=1S/C23H30F2N4O3/c1-26-23(27-15-17-4-3-5-20(14-17)32-22(24)25)28-16-21(29-10-12-31-13-11-29)18-6-8-19(30-2)9-7-18/h3-9,14,21-22H,10-13,15-16H2,1-2H3,(H2,26,27,28). The quantitative estimate of drug-likeness (QED) is 0.454. The van der Waals surface area contributed by atoms with Gasteiger partial charge in [-0.2, -0.15) is 8.78 Å². The largest absolute Gasteiger partial charge is 0.497 e. The lowest BCUT2D eigenvalue weighted by atomic mass is 10.0. The minimum absolute atomic E-state index is 0.131. The number of hydrogen-bond acceptors (Lipinski definition) is 5. The Morgan fingerprint density at radius 2 is 1.84 bits per heavy atom. The first-order valence-electron chi connectivity index (χ1n) is 10.5. The molecule has 7 nitrogen and oxygen atoms in total. The van der Waals surface area contributed by atoms with Crippen LogP contribution in [0, 0.1) is 0 Å². The fraction of sp³-hybridized carbons (Fsp3) is 0.435. The van der Waals surface area contributed by atoms with Crippen molar-refractivity contribution in [1.29, 1.82) is 0 Å². The minimum Gasteiger partial charge on any atom is -0.497 e. The Morgan fingerprint density at radius 1 is 1.09 bits per heavy atom. The van der Waals surface area contributed by atoms with Gasteiger partial charge >= 0.3 is 6.61 Å². The van der Waals surface area contributed by atoms with Crippen LogP contribution in [0.4, 0.5) is 8.78 Å². The van der Waals surface area contributed by atoms with Gasteiger partial charge in [-0.3, -0.25) is 9.89 Å². The van der Waals surface area contributed by atoms with Crippen molar-refractivity contribution >= 4 is 5.96 Å². The van der Waals surface area contributed by atoms with E-state index >= 15 is 0 Å². The number of nitrogens with zero attached hydrogens (tertiary/aromatic N) is 2. The molecular weight excluding hydrogens is 418 g/mol. The first-order chi connectivity index (χ1) is 15.6. The molecule has 2 aromatic carbocycles. The van der Waals surface area contributed by atoms with Gasteiger partial charge in [0.2, 0.25) is 0 Å². The zero-order valence-corrected chi connectivity index (χ0v) is 18.4. The molecule has 1 aliphatic heterocycles. The van der Waals surface area contributed by atoms with Crippen LogP contribution in [0.2, 0.25) is 0 Å². The van der Waals surface area contributed by atoms with E-state index in [0.29, 0.717) is 32.3 Å². The number of aliphatic imine (C=N–C) groups is 1. The number of halogens is 2. The molecule has 0 amide bonds. The van der Waals surface area contributed by atoms with Crippen LogP contribution in [-0.4, -0.2) is 64.5 Å². The van der Waals surface area contributed by atoms with Crippen LogP contribution in [0.5, 0.6) is 11.5 Å². The Bertz CT molecular complexity index is 859. The van der Waals surface area contributed by atoms with Gasteiger partial charge < -0.3 is 24.8 Å². The number of alkyl halides is 2. The predicted octanol–water partition coefficient (Wildman–Crippen LogP) is 3.04. The molecule has 174 valence electrons. The smallest absolute Gasteiger partial charge is 0.387 e. The van der Waals surface area contributed by atoms with Crippen molar-refractivity contribution in [3.63, 3.8) is 0 Å². The second-order valence-electron chi connectivity index (χ2n) is 7.27. The molecule has 32 heavy (non-hydrogen) atoms. The van der Waals surface area contributed by atoms with E-state index < -0.39 is 6.61 Å². The molecule has 1 fully saturated rings. The lowest BCUT2D eigenvalue weighted by Crippen LogP contribution is -2.46. The zero-order valence-electron chi connectivity index (χ0n) is 18.4. The number of methoxy groups -OCH3 is 1. The van der Waals surface area contributed by atoms with Crippen molar-refractivity contribution in [2.45, 2.75) is 19.2 Å². The molecule has 3 rings (SSSR count). The maximum Gasteiger partial charge on any atom is 0.387 e. The number of rotatable bonds is 9. The second-order valence-corrected chi connectivity index (χ2v) is 7.27. The molecule has 0 aliphatic carbocycles. The summed E-state index contributed by atoms with van der Waals surface area (Å²) in [4.78, 5) is 6.68. The van der Waals surface area contributed by atoms with Gasteiger partial charge in [0.25, 0.3) is 0 Å². The summed E-state index contributed by atoms with van der Waals surface area (Å²) in [6.07, 6.45) is 0. The normalized spacial score (nSPS) is 16.0. The maximum absolute atomic E-state index is 12.4. The van der Waals surface area contributed by atoms with E-state index in [4.69, 9.17) is 9.47 Å². The fourth-order valence-electron chi connectivity index (χ4n) is 3.60. The number of ether oxygens (including phenoxy) is 3. The molecule has 9 heteroatoms. The molecular formula is C23H30F2N4O3. The van der Waals surface area contributed by atoms with Crippen LogP contribution in [0.3, 0.4) is 0 Å². The average Bonchev–Trinajstić information content (AvgIpc) is 2.82. The van der Waals surface area contributed by atoms with Crippen LogP contribution in [-0.2, 0) is 11.3 Å². The minimum atomic E-state index is -2.84. The van der Waals surface area contributed by atoms with Crippen LogP contribution in [0.1, 0.15) is 17.2 Å². The van der Waals surface area contributed by atoms with Crippen molar-refractivity contribution in [3.8, 4) is 11.5 Å². The first-order valence-corrected chi connectivity index (χ1v) is 10.5. The lowest BCUT2D eigenvalue weighted by molar-refractivity contribution is -0.0498. The van der Waals surface area contributed by atoms with E-state index in [1.807, 2.05) is 18.2 Å². The first kappa shape index (κ1) is 23.7. The Morgan fingerprint density at radius 3 is 2.50 bits per heavy atom. The predicted molar refractivity (Wildman–Crippen MR) is 119 cm³/mol. The molecule has 2 N–H and O–H groups in total. The molecule has 0 aromatic heterocycles. The van der Waals surface area contributed by atoms with E-state index in [0.717, 1.165) is 24.4 Å². The molecule has 1 unspecified atom stereocenters. The number of nitrogens with one attached hydrogen (secondary N) is 2. The SMILES string of the molecule is CN=C(NCc1cccc(OC(F)F)c1)NCC(c1ccc(OC)cc1)N1CCOCC1. The Balaban J connectivity index is 1.61. The van der Waals surface area contributed by atoms with E-state index in [2.05, 4.69) is 37.4 Å². The van der Waals surface area contributed by atoms with E-state index in [9.17, 15) is 8.78 Å². The van der Waals surface area contributed by atoms with Gasteiger partial charge in [-0.05, 0) is 35.4 Å². The van der Waals surface area contributed by atoms with Crippen molar-refractivity contribution in [3.05, 3.63) is 59.7 Å². The van der Waals surface area contributed by atoms with Crippen molar-refractivity contribution in [1.82, 2.24) is 15.5 Å². The molecule has 0 radical (unpaired) electrons. The van der Waals surface area contributed by atoms with Gasteiger partial charge in [0.1, 0.15) is 11.5 Å². The number of benzene rings is 2. The summed E-state index contributed by atoms with van der Waals surface area (Å²) >= 11 is 0. The van der Waals surface area contributed by atoms with Gasteiger partial charge in [-0.15, -0.1) is 0 Å². The monoisotopic (exact) mass is 448 g/mol. The van der Waals surface area contributed by atoms with Crippen LogP contribution < -0.4 is 20.1 Å². The zero-order chi connectivity index (χ0) is 22.8. The maximum atomic E-state index is 12.4. The van der Waals surface area contributed by atoms with Crippen molar-refractivity contribution in [2.24, 2.45) is 4.99 Å². The third-order valence-electron chi connectivity index (χ3n) is 5.26. The molecule has 1 atom stereocenters. The highest BCUT2D eigenvalue weighted by Gasteiger charge is 2.23. The van der Waals surface area contributed by atoms with E-state index in [-0.39, 0.29) is 11.8 Å². The summed E-state index contributed by atoms with van der Waals surface area (Å²) in [6, 6.07) is 14.8. The third-order valence-corrected chi connectivity index (χ3v) is 5.26. The summed E-state index contributed by atoms with van der Waals surface area (Å²) < 4.78 is 40.2. The van der Waals surface area contributed by atoms with Gasteiger partial charge in [0.15, 0.2) is 5.96 Å². The molecule has 1 heterocycles. The van der Waals surface area contributed by atoms with Crippen LogP contribution in [0.25, 0.3) is 0 Å². The average molecular weight is 449 g/mol. The lowest BCUT2D eigenvalue weighted by Gasteiger charge is -2.35. The van der Waals surface area contributed by atoms with Crippen LogP contribution in [0.15, 0.2) is 53.5 Å². The van der Waals surface area contributed by atoms with Gasteiger partial charge in [-0.25, -0.2) is 0 Å². The molecule has 1 saturated heterocycles. The van der Waals surface area contributed by atoms with E-state index in [1.165, 1.54) is 11.6 Å². The summed E-state index contributed by atoms with van der Waals surface area (Å²) in [6.45, 7) is 1.32. The summed E-state index contributed by atoms with van der Waals surface area (Å²) in [5.41, 5.74) is 1.98.